The minimum Gasteiger partial charge on any atom is -0.497 e. The van der Waals surface area contributed by atoms with E-state index >= 15 is 0 Å². The number of isocyanates is 1. The Morgan fingerprint density at radius 2 is 2.12 bits per heavy atom. The summed E-state index contributed by atoms with van der Waals surface area (Å²) < 4.78 is 11.3. The van der Waals surface area contributed by atoms with Gasteiger partial charge in [0.25, 0.3) is 0 Å². The topological polar surface area (TPSA) is 47.9 Å². The number of rotatable bonds is 5. The van der Waals surface area contributed by atoms with Gasteiger partial charge in [0, 0.05) is 16.1 Å². The molecule has 0 N–H and O–H groups in total. The Morgan fingerprint density at radius 1 is 1.38 bits per heavy atom. The number of halogens is 1. The van der Waals surface area contributed by atoms with Gasteiger partial charge in [-0.1, -0.05) is 15.9 Å². The van der Waals surface area contributed by atoms with Crippen molar-refractivity contribution in [3.8, 4) is 11.5 Å². The molecule has 0 saturated carbocycles. The smallest absolute Gasteiger partial charge is 0.234 e. The van der Waals surface area contributed by atoms with Crippen LogP contribution in [-0.4, -0.2) is 26.8 Å². The van der Waals surface area contributed by atoms with Crippen LogP contribution in [0.4, 0.5) is 0 Å². The summed E-state index contributed by atoms with van der Waals surface area (Å²) in [4.78, 5) is 13.5. The predicted molar refractivity (Wildman–Crippen MR) is 63.9 cm³/mol. The molecule has 86 valence electrons. The number of nitrogens with zero attached hydrogens (tertiary/aromatic N) is 1. The standard InChI is InChI=1S/C11H12BrNO3/c1-15-8-5-10(12)9(3-4-13-7-14)11(6-8)16-2/h5-6H,3-4H2,1-2H3. The summed E-state index contributed by atoms with van der Waals surface area (Å²) in [6.07, 6.45) is 2.13. The van der Waals surface area contributed by atoms with Crippen LogP contribution < -0.4 is 9.47 Å². The second kappa shape index (κ2) is 6.30. The molecule has 0 fully saturated rings. The molecule has 0 aliphatic rings. The van der Waals surface area contributed by atoms with Crippen LogP contribution in [0.5, 0.6) is 11.5 Å². The molecule has 0 bridgehead atoms. The largest absolute Gasteiger partial charge is 0.497 e. The molecule has 0 atom stereocenters. The number of methoxy groups -OCH3 is 2. The van der Waals surface area contributed by atoms with Crippen LogP contribution in [0.1, 0.15) is 5.56 Å². The normalized spacial score (nSPS) is 9.44. The van der Waals surface area contributed by atoms with Gasteiger partial charge in [0.2, 0.25) is 6.08 Å². The van der Waals surface area contributed by atoms with Crippen molar-refractivity contribution in [2.45, 2.75) is 6.42 Å². The highest BCUT2D eigenvalue weighted by Gasteiger charge is 2.09. The van der Waals surface area contributed by atoms with Crippen LogP contribution in [0.25, 0.3) is 0 Å². The number of hydrogen-bond acceptors (Lipinski definition) is 4. The zero-order valence-electron chi connectivity index (χ0n) is 9.12. The molecule has 0 aliphatic carbocycles. The summed E-state index contributed by atoms with van der Waals surface area (Å²) in [5, 5.41) is 0. The van der Waals surface area contributed by atoms with E-state index in [9.17, 15) is 4.79 Å². The maximum atomic E-state index is 9.98. The Morgan fingerprint density at radius 3 is 2.69 bits per heavy atom. The lowest BCUT2D eigenvalue weighted by Gasteiger charge is -2.11. The van der Waals surface area contributed by atoms with Gasteiger partial charge < -0.3 is 9.47 Å². The summed E-state index contributed by atoms with van der Waals surface area (Å²) >= 11 is 3.43. The second-order valence-electron chi connectivity index (χ2n) is 3.01. The summed E-state index contributed by atoms with van der Waals surface area (Å²) in [6.45, 7) is 0.394. The maximum absolute atomic E-state index is 9.98. The van der Waals surface area contributed by atoms with Crippen LogP contribution in [0.2, 0.25) is 0 Å². The van der Waals surface area contributed by atoms with Crippen molar-refractivity contribution >= 4 is 22.0 Å². The van der Waals surface area contributed by atoms with Gasteiger partial charge in [-0.25, -0.2) is 9.79 Å². The van der Waals surface area contributed by atoms with E-state index in [-0.39, 0.29) is 0 Å². The van der Waals surface area contributed by atoms with E-state index in [0.29, 0.717) is 24.5 Å². The van der Waals surface area contributed by atoms with Crippen LogP contribution in [0.15, 0.2) is 21.6 Å². The third-order valence-electron chi connectivity index (χ3n) is 2.12. The van der Waals surface area contributed by atoms with Gasteiger partial charge in [-0.2, -0.15) is 0 Å². The minimum absolute atomic E-state index is 0.394. The molecule has 1 aromatic rings. The van der Waals surface area contributed by atoms with Gasteiger partial charge >= 0.3 is 0 Å². The van der Waals surface area contributed by atoms with E-state index in [2.05, 4.69) is 20.9 Å². The van der Waals surface area contributed by atoms with Gasteiger partial charge in [-0.05, 0) is 12.5 Å². The van der Waals surface area contributed by atoms with Crippen LogP contribution in [0, 0.1) is 0 Å². The molecule has 0 saturated heterocycles. The highest BCUT2D eigenvalue weighted by molar-refractivity contribution is 9.10. The number of benzene rings is 1. The number of hydrogen-bond donors (Lipinski definition) is 0. The quantitative estimate of drug-likeness (QED) is 0.616. The third kappa shape index (κ3) is 3.08. The zero-order valence-corrected chi connectivity index (χ0v) is 10.7. The van der Waals surface area contributed by atoms with Crippen LogP contribution >= 0.6 is 15.9 Å². The molecular weight excluding hydrogens is 274 g/mol. The lowest BCUT2D eigenvalue weighted by Crippen LogP contribution is -1.97. The van der Waals surface area contributed by atoms with E-state index in [1.165, 1.54) is 6.08 Å². The number of aliphatic imine (C=N–C) groups is 1. The van der Waals surface area contributed by atoms with Crippen molar-refractivity contribution in [1.29, 1.82) is 0 Å². The van der Waals surface area contributed by atoms with Crippen LogP contribution in [-0.2, 0) is 11.2 Å². The predicted octanol–water partition coefficient (Wildman–Crippen LogP) is 2.34. The van der Waals surface area contributed by atoms with Gasteiger partial charge in [0.15, 0.2) is 0 Å². The van der Waals surface area contributed by atoms with E-state index < -0.39 is 0 Å². The van der Waals surface area contributed by atoms with Crippen molar-refractivity contribution in [2.75, 3.05) is 20.8 Å². The van der Waals surface area contributed by atoms with E-state index in [1.807, 2.05) is 6.07 Å². The van der Waals surface area contributed by atoms with Gasteiger partial charge in [0.05, 0.1) is 20.8 Å². The highest BCUT2D eigenvalue weighted by atomic mass is 79.9. The van der Waals surface area contributed by atoms with Crippen molar-refractivity contribution in [2.24, 2.45) is 4.99 Å². The molecule has 0 heterocycles. The molecule has 0 spiro atoms. The highest BCUT2D eigenvalue weighted by Crippen LogP contribution is 2.32. The molecule has 0 unspecified atom stereocenters. The fraction of sp³-hybridized carbons (Fsp3) is 0.364. The average molecular weight is 286 g/mol. The maximum Gasteiger partial charge on any atom is 0.234 e. The summed E-state index contributed by atoms with van der Waals surface area (Å²) in [5.74, 6) is 1.43. The Bertz CT molecular complexity index is 414. The molecule has 5 heteroatoms. The van der Waals surface area contributed by atoms with Gasteiger partial charge in [0.1, 0.15) is 11.5 Å². The summed E-state index contributed by atoms with van der Waals surface area (Å²) in [6, 6.07) is 3.65. The average Bonchev–Trinajstić information content (AvgIpc) is 2.30. The lowest BCUT2D eigenvalue weighted by molar-refractivity contribution is 0.390. The first-order valence-corrected chi connectivity index (χ1v) is 5.46. The fourth-order valence-corrected chi connectivity index (χ4v) is 1.96. The Balaban J connectivity index is 3.01. The summed E-state index contributed by atoms with van der Waals surface area (Å²) in [5.41, 5.74) is 0.960. The first-order chi connectivity index (χ1) is 7.72. The third-order valence-corrected chi connectivity index (χ3v) is 2.83. The lowest BCUT2D eigenvalue weighted by atomic mass is 10.1. The molecule has 16 heavy (non-hydrogen) atoms. The molecule has 1 aromatic carbocycles. The zero-order chi connectivity index (χ0) is 12.0. The fourth-order valence-electron chi connectivity index (χ4n) is 1.34. The molecule has 0 aliphatic heterocycles. The summed E-state index contributed by atoms with van der Waals surface area (Å²) in [7, 11) is 3.19. The van der Waals surface area contributed by atoms with E-state index in [1.54, 1.807) is 20.3 Å². The SMILES string of the molecule is COc1cc(Br)c(CCN=C=O)c(OC)c1. The first-order valence-electron chi connectivity index (χ1n) is 4.67. The molecule has 0 amide bonds. The monoisotopic (exact) mass is 285 g/mol. The number of ether oxygens (including phenoxy) is 2. The second-order valence-corrected chi connectivity index (χ2v) is 3.87. The van der Waals surface area contributed by atoms with Gasteiger partial charge in [-0.3, -0.25) is 0 Å². The molecule has 0 aromatic heterocycles. The first kappa shape index (κ1) is 12.7. The van der Waals surface area contributed by atoms with E-state index in [4.69, 9.17) is 9.47 Å². The Hall–Kier alpha value is -1.32. The molecule has 4 nitrogen and oxygen atoms in total. The van der Waals surface area contributed by atoms with Crippen molar-refractivity contribution in [3.05, 3.63) is 22.2 Å². The molecule has 0 radical (unpaired) electrons. The van der Waals surface area contributed by atoms with E-state index in [0.717, 1.165) is 10.0 Å². The number of carbonyl (C=O) groups excluding carboxylic acids is 1. The van der Waals surface area contributed by atoms with Crippen molar-refractivity contribution in [3.63, 3.8) is 0 Å². The van der Waals surface area contributed by atoms with Crippen molar-refractivity contribution < 1.29 is 14.3 Å². The Labute approximate surface area is 102 Å². The Kier molecular flexibility index (Phi) is 5.02. The minimum atomic E-state index is 0.394. The molecule has 1 rings (SSSR count). The van der Waals surface area contributed by atoms with Crippen LogP contribution in [0.3, 0.4) is 0 Å². The van der Waals surface area contributed by atoms with Gasteiger partial charge in [-0.15, -0.1) is 0 Å². The van der Waals surface area contributed by atoms with Crippen molar-refractivity contribution in [1.82, 2.24) is 0 Å². The molecular formula is C11H12BrNO3.